The third-order valence-electron chi connectivity index (χ3n) is 12.3. The molecule has 0 saturated carbocycles. The molecule has 0 aromatic heterocycles. The van der Waals surface area contributed by atoms with Gasteiger partial charge in [-0.05, 0) is 89.9 Å². The van der Waals surface area contributed by atoms with Gasteiger partial charge in [0, 0.05) is 12.8 Å². The number of unbranched alkanes of at least 4 members (excludes halogenated alkanes) is 21. The second-order valence-corrected chi connectivity index (χ2v) is 19.0. The van der Waals surface area contributed by atoms with Gasteiger partial charge in [-0.3, -0.25) is 9.59 Å². The Morgan fingerprint density at radius 2 is 0.812 bits per heavy atom. The number of esters is 1. The van der Waals surface area contributed by atoms with Crippen LogP contribution in [0.5, 0.6) is 0 Å². The normalized spacial score (nSPS) is 14.0. The molecule has 0 bridgehead atoms. The van der Waals surface area contributed by atoms with Crippen LogP contribution in [0.2, 0.25) is 0 Å². The summed E-state index contributed by atoms with van der Waals surface area (Å²) in [6.07, 6.45) is 75.9. The predicted octanol–water partition coefficient (Wildman–Crippen LogP) is 17.8. The summed E-state index contributed by atoms with van der Waals surface area (Å²) < 4.78 is 5.88. The lowest BCUT2D eigenvalue weighted by atomic mass is 10.0. The minimum atomic E-state index is -0.824. The molecule has 394 valence electrons. The van der Waals surface area contributed by atoms with Gasteiger partial charge < -0.3 is 20.3 Å². The van der Waals surface area contributed by atoms with Crippen LogP contribution >= 0.6 is 0 Å². The minimum absolute atomic E-state index is 0.0178. The van der Waals surface area contributed by atoms with Gasteiger partial charge in [0.2, 0.25) is 5.91 Å². The maximum absolute atomic E-state index is 13.2. The first-order valence-corrected chi connectivity index (χ1v) is 28.6. The molecule has 6 nitrogen and oxygen atoms in total. The van der Waals surface area contributed by atoms with E-state index in [-0.39, 0.29) is 24.9 Å². The monoisotopic (exact) mass is 958 g/mol. The average molecular weight is 959 g/mol. The summed E-state index contributed by atoms with van der Waals surface area (Å²) in [6, 6.07) is -0.746. The highest BCUT2D eigenvalue weighted by Gasteiger charge is 2.23. The Morgan fingerprint density at radius 1 is 0.449 bits per heavy atom. The summed E-state index contributed by atoms with van der Waals surface area (Å²) in [5, 5.41) is 23.8. The number of amides is 1. The lowest BCUT2D eigenvalue weighted by Crippen LogP contribution is -2.46. The van der Waals surface area contributed by atoms with E-state index in [4.69, 9.17) is 4.74 Å². The smallest absolute Gasteiger partial charge is 0.306 e. The lowest BCUT2D eigenvalue weighted by Gasteiger charge is -2.24. The average Bonchev–Trinajstić information content (AvgIpc) is 3.34. The van der Waals surface area contributed by atoms with Crippen molar-refractivity contribution >= 4 is 11.9 Å². The molecule has 3 N–H and O–H groups in total. The molecule has 0 aromatic carbocycles. The van der Waals surface area contributed by atoms with Crippen LogP contribution in [0, 0.1) is 0 Å². The Morgan fingerprint density at radius 3 is 1.25 bits per heavy atom. The van der Waals surface area contributed by atoms with Crippen LogP contribution < -0.4 is 5.32 Å². The fourth-order valence-corrected chi connectivity index (χ4v) is 8.02. The zero-order valence-electron chi connectivity index (χ0n) is 44.9. The molecule has 0 saturated heterocycles. The largest absolute Gasteiger partial charge is 0.461 e. The van der Waals surface area contributed by atoms with Crippen molar-refractivity contribution in [3.8, 4) is 0 Å². The van der Waals surface area contributed by atoms with Gasteiger partial charge in [0.15, 0.2) is 0 Å². The zero-order valence-corrected chi connectivity index (χ0v) is 44.9. The first-order chi connectivity index (χ1) is 34.0. The number of nitrogens with one attached hydrogen (secondary N) is 1. The summed E-state index contributed by atoms with van der Waals surface area (Å²) in [5.74, 6) is -0.619. The van der Waals surface area contributed by atoms with Crippen LogP contribution in [0.25, 0.3) is 0 Å². The van der Waals surface area contributed by atoms with E-state index in [1.54, 1.807) is 0 Å². The van der Waals surface area contributed by atoms with Gasteiger partial charge in [-0.25, -0.2) is 0 Å². The second kappa shape index (κ2) is 55.4. The third kappa shape index (κ3) is 50.7. The minimum Gasteiger partial charge on any atom is -0.461 e. The number of allylic oxidation sites excluding steroid dienone is 17. The number of aliphatic hydroxyl groups excluding tert-OH is 2. The van der Waals surface area contributed by atoms with Crippen LogP contribution in [-0.2, 0) is 14.3 Å². The number of rotatable bonds is 50. The topological polar surface area (TPSA) is 95.9 Å². The van der Waals surface area contributed by atoms with E-state index in [1.165, 1.54) is 103 Å². The standard InChI is InChI=1S/C63H107NO5/c1-4-7-10-13-16-19-22-25-28-30-31-32-35-38-41-44-47-50-53-56-63(68)69-59(54-51-48-45-42-39-36-33-27-24-21-18-15-12-9-6-3)57-62(67)64-60(58-65)61(66)55-52-49-46-43-40-37-34-29-26-23-20-17-14-11-8-5-2/h7,10,16,18-19,21,25,27-28,31-33,38-39,41-42,48,51,59-61,65-66H,4-6,8-9,11-15,17,20,22-24,26,29-30,34-37,40,43-47,49-50,52-58H2,1-3H3,(H,64,67)/b10-7-,19-16-,21-18-,28-25-,32-31-,33-27-,41-38-,42-39-,51-48-. The zero-order chi connectivity index (χ0) is 50.2. The fourth-order valence-electron chi connectivity index (χ4n) is 8.02. The van der Waals surface area contributed by atoms with Crippen LogP contribution in [0.1, 0.15) is 252 Å². The van der Waals surface area contributed by atoms with Gasteiger partial charge in [0.1, 0.15) is 6.10 Å². The van der Waals surface area contributed by atoms with E-state index >= 15 is 0 Å². The van der Waals surface area contributed by atoms with E-state index in [1.807, 2.05) is 12.2 Å². The lowest BCUT2D eigenvalue weighted by molar-refractivity contribution is -0.150. The molecule has 0 aliphatic rings. The van der Waals surface area contributed by atoms with Gasteiger partial charge in [0.25, 0.3) is 0 Å². The van der Waals surface area contributed by atoms with Gasteiger partial charge in [0.05, 0.1) is 25.2 Å². The van der Waals surface area contributed by atoms with Crippen molar-refractivity contribution in [1.29, 1.82) is 0 Å². The molecule has 0 heterocycles. The van der Waals surface area contributed by atoms with Crippen molar-refractivity contribution < 1.29 is 24.5 Å². The molecule has 0 aliphatic heterocycles. The van der Waals surface area contributed by atoms with Crippen LogP contribution in [0.4, 0.5) is 0 Å². The summed E-state index contributed by atoms with van der Waals surface area (Å²) >= 11 is 0. The van der Waals surface area contributed by atoms with Crippen molar-refractivity contribution in [2.75, 3.05) is 6.61 Å². The van der Waals surface area contributed by atoms with Gasteiger partial charge in [-0.1, -0.05) is 252 Å². The van der Waals surface area contributed by atoms with E-state index in [9.17, 15) is 19.8 Å². The van der Waals surface area contributed by atoms with E-state index in [0.29, 0.717) is 19.3 Å². The Labute approximate surface area is 426 Å². The highest BCUT2D eigenvalue weighted by molar-refractivity contribution is 5.77. The Balaban J connectivity index is 4.73. The summed E-state index contributed by atoms with van der Waals surface area (Å²) in [7, 11) is 0. The molecule has 0 radical (unpaired) electrons. The summed E-state index contributed by atoms with van der Waals surface area (Å²) in [6.45, 7) is 6.32. The van der Waals surface area contributed by atoms with Crippen molar-refractivity contribution in [2.24, 2.45) is 0 Å². The second-order valence-electron chi connectivity index (χ2n) is 19.0. The molecular formula is C63H107NO5. The number of carbonyl (C=O) groups is 2. The molecule has 0 fully saturated rings. The van der Waals surface area contributed by atoms with E-state index in [0.717, 1.165) is 103 Å². The van der Waals surface area contributed by atoms with E-state index in [2.05, 4.69) is 123 Å². The molecule has 0 spiro atoms. The molecule has 0 rings (SSSR count). The Bertz CT molecular complexity index is 1400. The summed E-state index contributed by atoms with van der Waals surface area (Å²) in [4.78, 5) is 26.2. The Kier molecular flexibility index (Phi) is 52.7. The molecular weight excluding hydrogens is 851 g/mol. The van der Waals surface area contributed by atoms with Crippen LogP contribution in [0.3, 0.4) is 0 Å². The fraction of sp³-hybridized carbons (Fsp3) is 0.683. The van der Waals surface area contributed by atoms with Crippen molar-refractivity contribution in [3.05, 3.63) is 109 Å². The van der Waals surface area contributed by atoms with Crippen molar-refractivity contribution in [1.82, 2.24) is 5.32 Å². The first kappa shape index (κ1) is 65.5. The molecule has 0 aromatic rings. The quantitative estimate of drug-likeness (QED) is 0.0321. The molecule has 0 aliphatic carbocycles. The highest BCUT2D eigenvalue weighted by atomic mass is 16.5. The van der Waals surface area contributed by atoms with Gasteiger partial charge in [-0.2, -0.15) is 0 Å². The molecule has 3 unspecified atom stereocenters. The molecule has 3 atom stereocenters. The number of aliphatic hydroxyl groups is 2. The van der Waals surface area contributed by atoms with Crippen LogP contribution in [-0.4, -0.2) is 46.9 Å². The number of ether oxygens (including phenoxy) is 1. The third-order valence-corrected chi connectivity index (χ3v) is 12.3. The first-order valence-electron chi connectivity index (χ1n) is 28.6. The molecule has 6 heteroatoms. The summed E-state index contributed by atoms with van der Waals surface area (Å²) in [5.41, 5.74) is 0. The number of hydrogen-bond donors (Lipinski definition) is 3. The SMILES string of the molecule is CC/C=C\C/C=C\C/C=C\C/C=C\C/C=C\CCCCCC(=O)OC(C/C=C\C/C=C\C/C=C\C/C=C\CCCCC)CC(=O)NC(CO)C(O)CCCCCCCCCCCCCCCCCC. The maximum Gasteiger partial charge on any atom is 0.306 e. The molecule has 69 heavy (non-hydrogen) atoms. The Hall–Kier alpha value is -3.48. The maximum atomic E-state index is 13.2. The van der Waals surface area contributed by atoms with Gasteiger partial charge in [-0.15, -0.1) is 0 Å². The highest BCUT2D eigenvalue weighted by Crippen LogP contribution is 2.16. The van der Waals surface area contributed by atoms with Crippen LogP contribution in [0.15, 0.2) is 109 Å². The predicted molar refractivity (Wildman–Crippen MR) is 300 cm³/mol. The van der Waals surface area contributed by atoms with Gasteiger partial charge >= 0.3 is 5.97 Å². The van der Waals surface area contributed by atoms with Crippen molar-refractivity contribution in [2.45, 2.75) is 270 Å². The number of hydrogen-bond acceptors (Lipinski definition) is 5. The number of carbonyl (C=O) groups excluding carboxylic acids is 2. The van der Waals surface area contributed by atoms with Crippen molar-refractivity contribution in [3.63, 3.8) is 0 Å². The molecule has 1 amide bonds. The van der Waals surface area contributed by atoms with E-state index < -0.39 is 18.2 Å².